The molecule has 160 valence electrons. The summed E-state index contributed by atoms with van der Waals surface area (Å²) in [7, 11) is -4.26. The van der Waals surface area contributed by atoms with Crippen molar-refractivity contribution in [1.29, 1.82) is 0 Å². The highest BCUT2D eigenvalue weighted by Gasteiger charge is 2.59. The van der Waals surface area contributed by atoms with Crippen molar-refractivity contribution < 1.29 is 32.6 Å². The standard InChI is InChI=1S/C14H19N5O9S/c1-13(2)27-9-14(10-28-13,19(23)24)18(22)15-7-8-16-29(25,26)12-6-4-3-5-11(12)17(20)21/h3-6,16H,7-10H2,1-2H3. The van der Waals surface area contributed by atoms with Crippen LogP contribution in [0.15, 0.2) is 34.3 Å². The Bertz CT molecular complexity index is 921. The molecule has 1 saturated heterocycles. The van der Waals surface area contributed by atoms with Gasteiger partial charge in [0.1, 0.15) is 11.5 Å². The Balaban J connectivity index is 2.07. The molecule has 1 heterocycles. The van der Waals surface area contributed by atoms with Gasteiger partial charge >= 0.3 is 5.66 Å². The van der Waals surface area contributed by atoms with Crippen LogP contribution in [0.25, 0.3) is 0 Å². The number of hydrogen-bond donors (Lipinski definition) is 1. The van der Waals surface area contributed by atoms with Gasteiger partial charge in [-0.05, 0) is 29.9 Å². The molecule has 0 amide bonds. The molecular formula is C14H19N5O9S. The normalized spacial score (nSPS) is 18.9. The van der Waals surface area contributed by atoms with Gasteiger partial charge in [0, 0.05) is 12.6 Å². The summed E-state index contributed by atoms with van der Waals surface area (Å²) in [6.45, 7) is 1.02. The number of nitro groups is 2. The fourth-order valence-electron chi connectivity index (χ4n) is 2.31. The van der Waals surface area contributed by atoms with E-state index in [1.807, 2.05) is 0 Å². The number of ether oxygens (including phenoxy) is 2. The molecule has 15 heteroatoms. The van der Waals surface area contributed by atoms with E-state index in [0.717, 1.165) is 12.1 Å². The van der Waals surface area contributed by atoms with Gasteiger partial charge in [-0.2, -0.15) is 0 Å². The second-order valence-corrected chi connectivity index (χ2v) is 8.21. The van der Waals surface area contributed by atoms with Crippen molar-refractivity contribution in [2.24, 2.45) is 5.11 Å². The minimum Gasteiger partial charge on any atom is -0.594 e. The van der Waals surface area contributed by atoms with E-state index in [1.165, 1.54) is 26.0 Å². The lowest BCUT2D eigenvalue weighted by atomic mass is 10.2. The lowest BCUT2D eigenvalue weighted by Gasteiger charge is -2.34. The Kier molecular flexibility index (Phi) is 6.46. The highest BCUT2D eigenvalue weighted by atomic mass is 32.2. The van der Waals surface area contributed by atoms with Crippen molar-refractivity contribution in [2.45, 2.75) is 30.2 Å². The van der Waals surface area contributed by atoms with Gasteiger partial charge in [-0.3, -0.25) is 20.2 Å². The Labute approximate surface area is 165 Å². The number of rotatable bonds is 8. The summed E-state index contributed by atoms with van der Waals surface area (Å²) in [5, 5.41) is 38.0. The van der Waals surface area contributed by atoms with Crippen LogP contribution in [0.2, 0.25) is 0 Å². The van der Waals surface area contributed by atoms with E-state index in [4.69, 9.17) is 9.47 Å². The Morgan fingerprint density at radius 2 is 1.72 bits per heavy atom. The van der Waals surface area contributed by atoms with E-state index < -0.39 is 68.2 Å². The highest BCUT2D eigenvalue weighted by molar-refractivity contribution is 7.89. The van der Waals surface area contributed by atoms with Gasteiger partial charge < -0.3 is 14.7 Å². The molecule has 1 N–H and O–H groups in total. The predicted octanol–water partition coefficient (Wildman–Crippen LogP) is 0.592. The van der Waals surface area contributed by atoms with Crippen molar-refractivity contribution in [1.82, 2.24) is 4.72 Å². The number of azo groups is 1. The molecule has 0 saturated carbocycles. The SMILES string of the molecule is CC1(C)OCC([N+](=O)[O-])([N+]([O-])=NCCNS(=O)(=O)c2ccccc2[N+](=O)[O-])CO1. The second-order valence-electron chi connectivity index (χ2n) is 6.48. The van der Waals surface area contributed by atoms with Gasteiger partial charge in [0.05, 0.1) is 4.92 Å². The Hall–Kier alpha value is -2.75. The third-order valence-electron chi connectivity index (χ3n) is 3.98. The zero-order valence-corrected chi connectivity index (χ0v) is 16.3. The lowest BCUT2D eigenvalue weighted by Crippen LogP contribution is -2.60. The smallest absolute Gasteiger partial charge is 0.483 e. The molecule has 0 aromatic heterocycles. The number of nitro benzene ring substituents is 1. The average Bonchev–Trinajstić information content (AvgIpc) is 2.65. The molecule has 0 radical (unpaired) electrons. The van der Waals surface area contributed by atoms with Crippen LogP contribution in [-0.4, -0.2) is 60.9 Å². The molecule has 14 nitrogen and oxygen atoms in total. The van der Waals surface area contributed by atoms with Crippen molar-refractivity contribution in [3.05, 3.63) is 49.7 Å². The third-order valence-corrected chi connectivity index (χ3v) is 5.49. The van der Waals surface area contributed by atoms with Gasteiger partial charge in [-0.15, -0.1) is 0 Å². The number of hydroxylamine groups is 1. The maximum Gasteiger partial charge on any atom is 0.483 e. The number of sulfonamides is 1. The van der Waals surface area contributed by atoms with Gasteiger partial charge in [0.15, 0.2) is 23.9 Å². The zero-order valence-electron chi connectivity index (χ0n) is 15.5. The molecule has 1 fully saturated rings. The predicted molar refractivity (Wildman–Crippen MR) is 94.9 cm³/mol. The molecule has 0 aliphatic carbocycles. The average molecular weight is 433 g/mol. The molecule has 0 bridgehead atoms. The highest BCUT2D eigenvalue weighted by Crippen LogP contribution is 2.26. The fourth-order valence-corrected chi connectivity index (χ4v) is 3.50. The zero-order chi connectivity index (χ0) is 21.9. The van der Waals surface area contributed by atoms with E-state index in [2.05, 4.69) is 9.84 Å². The minimum atomic E-state index is -4.26. The molecule has 29 heavy (non-hydrogen) atoms. The molecule has 1 aliphatic rings. The van der Waals surface area contributed by atoms with Crippen LogP contribution in [0.4, 0.5) is 5.69 Å². The van der Waals surface area contributed by atoms with Crippen molar-refractivity contribution in [2.75, 3.05) is 26.3 Å². The van der Waals surface area contributed by atoms with Crippen LogP contribution in [0.3, 0.4) is 0 Å². The molecule has 1 aromatic rings. The molecule has 0 unspecified atom stereocenters. The summed E-state index contributed by atoms with van der Waals surface area (Å²) in [6.07, 6.45) is 0. The first-order valence-electron chi connectivity index (χ1n) is 8.22. The first-order chi connectivity index (χ1) is 13.4. The second kappa shape index (κ2) is 8.32. The number of nitrogens with zero attached hydrogens (tertiary/aromatic N) is 4. The van der Waals surface area contributed by atoms with Crippen LogP contribution in [-0.2, 0) is 19.5 Å². The summed E-state index contributed by atoms with van der Waals surface area (Å²) in [6, 6.07) is 4.71. The van der Waals surface area contributed by atoms with E-state index in [9.17, 15) is 33.9 Å². The van der Waals surface area contributed by atoms with Gasteiger partial charge in [0.2, 0.25) is 10.0 Å². The van der Waals surface area contributed by atoms with Crippen LogP contribution < -0.4 is 4.72 Å². The monoisotopic (exact) mass is 433 g/mol. The van der Waals surface area contributed by atoms with Gasteiger partial charge in [0.25, 0.3) is 5.69 Å². The lowest BCUT2D eigenvalue weighted by molar-refractivity contribution is -0.827. The maximum absolute atomic E-state index is 12.2. The van der Waals surface area contributed by atoms with Crippen molar-refractivity contribution in [3.63, 3.8) is 0 Å². The molecule has 0 spiro atoms. The number of nitrogens with one attached hydrogen (secondary N) is 1. The van der Waals surface area contributed by atoms with Gasteiger partial charge in [-0.25, -0.2) is 13.1 Å². The summed E-state index contributed by atoms with van der Waals surface area (Å²) in [5.74, 6) is -1.10. The van der Waals surface area contributed by atoms with Crippen LogP contribution in [0.1, 0.15) is 13.8 Å². The molecule has 0 atom stereocenters. The third kappa shape index (κ3) is 5.00. The number of benzene rings is 1. The summed E-state index contributed by atoms with van der Waals surface area (Å²) in [5.41, 5.74) is -2.92. The van der Waals surface area contributed by atoms with Crippen LogP contribution in [0, 0.1) is 25.4 Å². The first kappa shape index (κ1) is 22.5. The van der Waals surface area contributed by atoms with E-state index in [1.54, 1.807) is 0 Å². The maximum atomic E-state index is 12.2. The summed E-state index contributed by atoms with van der Waals surface area (Å²) in [4.78, 5) is 19.9. The topological polar surface area (TPSA) is 189 Å². The minimum absolute atomic E-state index is 0.179. The molecule has 2 rings (SSSR count). The number of para-hydroxylation sites is 1. The fraction of sp³-hybridized carbons (Fsp3) is 0.571. The van der Waals surface area contributed by atoms with Crippen molar-refractivity contribution in [3.8, 4) is 0 Å². The first-order valence-corrected chi connectivity index (χ1v) is 9.70. The Morgan fingerprint density at radius 1 is 1.14 bits per heavy atom. The molecular weight excluding hydrogens is 414 g/mol. The Morgan fingerprint density at radius 3 is 2.28 bits per heavy atom. The quantitative estimate of drug-likeness (QED) is 0.153. The van der Waals surface area contributed by atoms with Crippen molar-refractivity contribution >= 4 is 15.7 Å². The van der Waals surface area contributed by atoms with E-state index >= 15 is 0 Å². The number of hydrogen-bond acceptors (Lipinski definition) is 10. The van der Waals surface area contributed by atoms with E-state index in [-0.39, 0.29) is 4.86 Å². The molecule has 1 aromatic carbocycles. The largest absolute Gasteiger partial charge is 0.594 e. The summed E-state index contributed by atoms with van der Waals surface area (Å²) < 4.78 is 36.9. The van der Waals surface area contributed by atoms with Crippen LogP contribution >= 0.6 is 0 Å². The van der Waals surface area contributed by atoms with Gasteiger partial charge in [-0.1, -0.05) is 12.1 Å². The van der Waals surface area contributed by atoms with Crippen LogP contribution in [0.5, 0.6) is 0 Å². The molecule has 1 aliphatic heterocycles. The summed E-state index contributed by atoms with van der Waals surface area (Å²) >= 11 is 0. The van der Waals surface area contributed by atoms with E-state index in [0.29, 0.717) is 0 Å².